The zero-order valence-corrected chi connectivity index (χ0v) is 9.31. The molecule has 1 spiro atoms. The van der Waals surface area contributed by atoms with Gasteiger partial charge in [-0.1, -0.05) is 25.7 Å². The van der Waals surface area contributed by atoms with Crippen LogP contribution in [0.5, 0.6) is 0 Å². The normalized spacial score (nSPS) is 29.9. The Balaban J connectivity index is 0.000000980. The fraction of sp³-hybridized carbons (Fsp3) is 0.909. The van der Waals surface area contributed by atoms with E-state index in [4.69, 9.17) is 5.11 Å². The van der Waals surface area contributed by atoms with E-state index in [1.807, 2.05) is 0 Å². The summed E-state index contributed by atoms with van der Waals surface area (Å²) < 4.78 is 0. The molecule has 0 aromatic carbocycles. The highest BCUT2D eigenvalue weighted by Crippen LogP contribution is 2.52. The molecule has 1 atom stereocenters. The Morgan fingerprint density at radius 2 is 1.64 bits per heavy atom. The number of hydrogen-bond acceptors (Lipinski definition) is 1. The van der Waals surface area contributed by atoms with Gasteiger partial charge in [-0.25, -0.2) is 0 Å². The van der Waals surface area contributed by atoms with Crippen molar-refractivity contribution in [3.8, 4) is 0 Å². The molecular formula is C11H19ClO2. The SMILES string of the molecule is Cl.O=C(O)C1CCCC12CCCCC2. The molecule has 1 unspecified atom stereocenters. The lowest BCUT2D eigenvalue weighted by atomic mass is 9.67. The first kappa shape index (κ1) is 11.8. The number of carbonyl (C=O) groups is 1. The van der Waals surface area contributed by atoms with Gasteiger partial charge in [-0.05, 0) is 31.1 Å². The van der Waals surface area contributed by atoms with Crippen molar-refractivity contribution < 1.29 is 9.90 Å². The first-order valence-electron chi connectivity index (χ1n) is 5.47. The summed E-state index contributed by atoms with van der Waals surface area (Å²) in [5, 5.41) is 9.13. The third kappa shape index (κ3) is 1.90. The van der Waals surface area contributed by atoms with E-state index in [0.29, 0.717) is 0 Å². The maximum absolute atomic E-state index is 11.1. The van der Waals surface area contributed by atoms with Crippen LogP contribution >= 0.6 is 12.4 Å². The van der Waals surface area contributed by atoms with Crippen LogP contribution in [-0.2, 0) is 4.79 Å². The minimum absolute atomic E-state index is 0. The molecule has 2 saturated carbocycles. The van der Waals surface area contributed by atoms with E-state index in [2.05, 4.69) is 0 Å². The molecule has 2 aliphatic rings. The number of halogens is 1. The van der Waals surface area contributed by atoms with E-state index >= 15 is 0 Å². The number of carboxylic acids is 1. The predicted octanol–water partition coefficient (Wildman–Crippen LogP) is 3.24. The summed E-state index contributed by atoms with van der Waals surface area (Å²) in [6, 6.07) is 0. The monoisotopic (exact) mass is 218 g/mol. The molecule has 2 nitrogen and oxygen atoms in total. The predicted molar refractivity (Wildman–Crippen MR) is 57.7 cm³/mol. The average Bonchev–Trinajstić information content (AvgIpc) is 2.50. The van der Waals surface area contributed by atoms with Crippen molar-refractivity contribution in [2.45, 2.75) is 51.4 Å². The molecule has 2 fully saturated rings. The molecule has 3 heteroatoms. The average molecular weight is 219 g/mol. The maximum atomic E-state index is 11.1. The number of hydrogen-bond donors (Lipinski definition) is 1. The van der Waals surface area contributed by atoms with Gasteiger partial charge >= 0.3 is 5.97 Å². The van der Waals surface area contributed by atoms with Crippen LogP contribution in [0.15, 0.2) is 0 Å². The molecular weight excluding hydrogens is 200 g/mol. The Morgan fingerprint density at radius 1 is 1.07 bits per heavy atom. The molecule has 0 aromatic heterocycles. The number of rotatable bonds is 1. The van der Waals surface area contributed by atoms with Gasteiger partial charge in [-0.15, -0.1) is 12.4 Å². The lowest BCUT2D eigenvalue weighted by Crippen LogP contribution is -2.33. The van der Waals surface area contributed by atoms with Crippen LogP contribution in [-0.4, -0.2) is 11.1 Å². The van der Waals surface area contributed by atoms with Crippen molar-refractivity contribution in [1.82, 2.24) is 0 Å². The smallest absolute Gasteiger partial charge is 0.307 e. The van der Waals surface area contributed by atoms with Crippen LogP contribution in [0, 0.1) is 11.3 Å². The van der Waals surface area contributed by atoms with E-state index in [9.17, 15) is 4.79 Å². The van der Waals surface area contributed by atoms with Gasteiger partial charge in [0.1, 0.15) is 0 Å². The van der Waals surface area contributed by atoms with Crippen molar-refractivity contribution in [1.29, 1.82) is 0 Å². The third-order valence-electron chi connectivity index (χ3n) is 4.05. The number of aliphatic carboxylic acids is 1. The molecule has 2 rings (SSSR count). The molecule has 2 aliphatic carbocycles. The van der Waals surface area contributed by atoms with Crippen molar-refractivity contribution in [2.24, 2.45) is 11.3 Å². The minimum atomic E-state index is -0.542. The molecule has 1 N–H and O–H groups in total. The highest BCUT2D eigenvalue weighted by Gasteiger charge is 2.46. The number of carboxylic acid groups (broad SMARTS) is 1. The Kier molecular flexibility index (Phi) is 3.82. The Morgan fingerprint density at radius 3 is 2.21 bits per heavy atom. The van der Waals surface area contributed by atoms with Crippen molar-refractivity contribution >= 4 is 18.4 Å². The van der Waals surface area contributed by atoms with Gasteiger partial charge in [-0.2, -0.15) is 0 Å². The summed E-state index contributed by atoms with van der Waals surface area (Å²) in [5.41, 5.74) is 0.212. The van der Waals surface area contributed by atoms with Gasteiger partial charge in [0, 0.05) is 0 Å². The van der Waals surface area contributed by atoms with Gasteiger partial charge in [-0.3, -0.25) is 4.79 Å². The van der Waals surface area contributed by atoms with Crippen molar-refractivity contribution in [3.63, 3.8) is 0 Å². The largest absolute Gasteiger partial charge is 0.481 e. The lowest BCUT2D eigenvalue weighted by molar-refractivity contribution is -0.146. The van der Waals surface area contributed by atoms with Crippen LogP contribution in [0.3, 0.4) is 0 Å². The van der Waals surface area contributed by atoms with Crippen LogP contribution in [0.2, 0.25) is 0 Å². The van der Waals surface area contributed by atoms with Gasteiger partial charge < -0.3 is 5.11 Å². The van der Waals surface area contributed by atoms with Crippen LogP contribution < -0.4 is 0 Å². The maximum Gasteiger partial charge on any atom is 0.307 e. The molecule has 0 radical (unpaired) electrons. The lowest BCUT2D eigenvalue weighted by Gasteiger charge is -2.37. The molecule has 14 heavy (non-hydrogen) atoms. The first-order chi connectivity index (χ1) is 6.25. The molecule has 0 aromatic rings. The second-order valence-electron chi connectivity index (χ2n) is 4.71. The summed E-state index contributed by atoms with van der Waals surface area (Å²) in [6.07, 6.45) is 9.39. The topological polar surface area (TPSA) is 37.3 Å². The summed E-state index contributed by atoms with van der Waals surface area (Å²) in [6.45, 7) is 0. The summed E-state index contributed by atoms with van der Waals surface area (Å²) in [5.74, 6) is -0.563. The zero-order chi connectivity index (χ0) is 9.31. The molecule has 0 aliphatic heterocycles. The third-order valence-corrected chi connectivity index (χ3v) is 4.05. The Bertz CT molecular complexity index is 209. The summed E-state index contributed by atoms with van der Waals surface area (Å²) >= 11 is 0. The highest BCUT2D eigenvalue weighted by molar-refractivity contribution is 5.85. The molecule has 0 heterocycles. The van der Waals surface area contributed by atoms with Crippen LogP contribution in [0.25, 0.3) is 0 Å². The van der Waals surface area contributed by atoms with Gasteiger partial charge in [0.25, 0.3) is 0 Å². The van der Waals surface area contributed by atoms with E-state index in [1.165, 1.54) is 38.5 Å². The van der Waals surface area contributed by atoms with Crippen LogP contribution in [0.4, 0.5) is 0 Å². The second kappa shape index (κ2) is 4.52. The Labute approximate surface area is 91.5 Å². The highest BCUT2D eigenvalue weighted by atomic mass is 35.5. The van der Waals surface area contributed by atoms with Crippen LogP contribution in [0.1, 0.15) is 51.4 Å². The molecule has 0 bridgehead atoms. The van der Waals surface area contributed by atoms with Crippen molar-refractivity contribution in [3.05, 3.63) is 0 Å². The second-order valence-corrected chi connectivity index (χ2v) is 4.71. The summed E-state index contributed by atoms with van der Waals surface area (Å²) in [7, 11) is 0. The van der Waals surface area contributed by atoms with E-state index in [-0.39, 0.29) is 23.7 Å². The molecule has 0 saturated heterocycles. The van der Waals surface area contributed by atoms with E-state index in [1.54, 1.807) is 0 Å². The fourth-order valence-electron chi connectivity index (χ4n) is 3.38. The fourth-order valence-corrected chi connectivity index (χ4v) is 3.38. The minimum Gasteiger partial charge on any atom is -0.481 e. The zero-order valence-electron chi connectivity index (χ0n) is 8.50. The quantitative estimate of drug-likeness (QED) is 0.734. The van der Waals surface area contributed by atoms with Crippen molar-refractivity contribution in [2.75, 3.05) is 0 Å². The first-order valence-corrected chi connectivity index (χ1v) is 5.47. The summed E-state index contributed by atoms with van der Waals surface area (Å²) in [4.78, 5) is 11.1. The van der Waals surface area contributed by atoms with E-state index in [0.717, 1.165) is 12.8 Å². The van der Waals surface area contributed by atoms with Gasteiger partial charge in [0.15, 0.2) is 0 Å². The van der Waals surface area contributed by atoms with Gasteiger partial charge in [0.2, 0.25) is 0 Å². The van der Waals surface area contributed by atoms with E-state index < -0.39 is 5.97 Å². The van der Waals surface area contributed by atoms with Gasteiger partial charge in [0.05, 0.1) is 5.92 Å². The Hall–Kier alpha value is -0.240. The standard InChI is InChI=1S/C11H18O2.ClH/c12-10(13)9-5-4-8-11(9)6-2-1-3-7-11;/h9H,1-8H2,(H,12,13);1H. The molecule has 82 valence electrons. The molecule has 0 amide bonds.